The molecule has 0 unspecified atom stereocenters. The van der Waals surface area contributed by atoms with E-state index in [0.29, 0.717) is 0 Å². The third-order valence-electron chi connectivity index (χ3n) is 13.7. The van der Waals surface area contributed by atoms with E-state index in [9.17, 15) is 0 Å². The predicted octanol–water partition coefficient (Wildman–Crippen LogP) is 16.0. The van der Waals surface area contributed by atoms with Gasteiger partial charge in [-0.15, -0.1) is 0 Å². The molecule has 0 saturated heterocycles. The van der Waals surface area contributed by atoms with Crippen molar-refractivity contribution in [3.05, 3.63) is 210 Å². The van der Waals surface area contributed by atoms with Crippen molar-refractivity contribution in [1.82, 2.24) is 0 Å². The monoisotopic (exact) mass is 753 g/mol. The molecule has 59 heavy (non-hydrogen) atoms. The predicted molar refractivity (Wildman–Crippen MR) is 252 cm³/mol. The summed E-state index contributed by atoms with van der Waals surface area (Å²) in [5, 5.41) is 10.2. The first-order valence-electron chi connectivity index (χ1n) is 20.9. The van der Waals surface area contributed by atoms with Crippen LogP contribution in [0.25, 0.3) is 76.5 Å². The molecule has 1 nitrogen and oxygen atoms in total. The van der Waals surface area contributed by atoms with Gasteiger partial charge >= 0.3 is 0 Å². The van der Waals surface area contributed by atoms with Crippen molar-refractivity contribution in [2.45, 2.75) is 38.5 Å². The van der Waals surface area contributed by atoms with Crippen LogP contribution in [0.15, 0.2) is 188 Å². The van der Waals surface area contributed by atoms with Crippen molar-refractivity contribution < 1.29 is 0 Å². The average Bonchev–Trinajstić information content (AvgIpc) is 3.61. The molecule has 1 heteroatoms. The minimum absolute atomic E-state index is 0.114. The van der Waals surface area contributed by atoms with Crippen LogP contribution in [0, 0.1) is 0 Å². The highest BCUT2D eigenvalue weighted by molar-refractivity contribution is 6.02. The summed E-state index contributed by atoms with van der Waals surface area (Å²) in [6, 6.07) is 70.7. The quantitative estimate of drug-likeness (QED) is 0.173. The topological polar surface area (TPSA) is 3.24 Å². The van der Waals surface area contributed by atoms with Crippen molar-refractivity contribution in [2.24, 2.45) is 0 Å². The van der Waals surface area contributed by atoms with Gasteiger partial charge in [0.2, 0.25) is 0 Å². The lowest BCUT2D eigenvalue weighted by Crippen LogP contribution is -2.15. The smallest absolute Gasteiger partial charge is 0.0540 e. The lowest BCUT2D eigenvalue weighted by molar-refractivity contribution is 0.662. The summed E-state index contributed by atoms with van der Waals surface area (Å²) in [4.78, 5) is 2.47. The number of nitrogens with zero attached hydrogens (tertiary/aromatic N) is 1. The Kier molecular flexibility index (Phi) is 7.10. The van der Waals surface area contributed by atoms with Crippen LogP contribution in [0.5, 0.6) is 0 Å². The van der Waals surface area contributed by atoms with Crippen LogP contribution >= 0.6 is 0 Å². The second-order valence-electron chi connectivity index (χ2n) is 17.8. The number of rotatable bonds is 4. The van der Waals surface area contributed by atoms with Crippen LogP contribution in [-0.2, 0) is 10.8 Å². The molecule has 0 aliphatic heterocycles. The van der Waals surface area contributed by atoms with E-state index in [2.05, 4.69) is 221 Å². The highest BCUT2D eigenvalue weighted by Gasteiger charge is 2.37. The molecule has 0 heterocycles. The Labute approximate surface area is 345 Å². The number of hydrogen-bond donors (Lipinski definition) is 0. The zero-order chi connectivity index (χ0) is 39.6. The summed E-state index contributed by atoms with van der Waals surface area (Å²) in [7, 11) is 0. The zero-order valence-corrected chi connectivity index (χ0v) is 33.8. The van der Waals surface area contributed by atoms with Crippen molar-refractivity contribution >= 4 is 60.2 Å². The summed E-state index contributed by atoms with van der Waals surface area (Å²) in [6.07, 6.45) is 0. The molecular weight excluding hydrogens is 711 g/mol. The van der Waals surface area contributed by atoms with Crippen molar-refractivity contribution in [3.63, 3.8) is 0 Å². The van der Waals surface area contributed by atoms with Gasteiger partial charge in [-0.05, 0) is 172 Å². The number of hydrogen-bond acceptors (Lipinski definition) is 1. The fourth-order valence-corrected chi connectivity index (χ4v) is 10.5. The third kappa shape index (κ3) is 5.04. The summed E-state index contributed by atoms with van der Waals surface area (Å²) in [6.45, 7) is 9.55. The summed E-state index contributed by atoms with van der Waals surface area (Å²) >= 11 is 0. The van der Waals surface area contributed by atoms with Crippen LogP contribution in [0.2, 0.25) is 0 Å². The minimum Gasteiger partial charge on any atom is -0.310 e. The summed E-state index contributed by atoms with van der Waals surface area (Å²) in [5.41, 5.74) is 16.6. The highest BCUT2D eigenvalue weighted by Crippen LogP contribution is 2.53. The first-order valence-corrected chi connectivity index (χ1v) is 20.9. The number of para-hydroxylation sites is 1. The standard InChI is InChI=1S/C58H43N/c1-57(2)52-32-39-18-10-8-16-37(39)28-48(52)50-30-41-22-24-45(26-43(41)34-54(50)57)59(56-21-13-12-20-47(56)36-14-6-5-7-15-36)46-25-23-42-31-51-49-29-38-17-9-11-19-40(38)33-53(49)58(3,4)55(51)35-44(42)27-46/h5-35H,1-4H3. The fourth-order valence-electron chi connectivity index (χ4n) is 10.5. The lowest BCUT2D eigenvalue weighted by Gasteiger charge is -2.29. The fraction of sp³-hybridized carbons (Fsp3) is 0.103. The molecule has 0 atom stereocenters. The van der Waals surface area contributed by atoms with Crippen molar-refractivity contribution in [1.29, 1.82) is 0 Å². The second kappa shape index (κ2) is 12.3. The van der Waals surface area contributed by atoms with E-state index in [1.54, 1.807) is 0 Å². The second-order valence-corrected chi connectivity index (χ2v) is 17.8. The first kappa shape index (κ1) is 34.1. The number of fused-ring (bicyclic) bond motifs is 10. The van der Waals surface area contributed by atoms with Crippen LogP contribution in [0.4, 0.5) is 17.1 Å². The Bertz CT molecular complexity index is 3200. The Morgan fingerprint density at radius 1 is 0.288 bits per heavy atom. The first-order chi connectivity index (χ1) is 28.7. The summed E-state index contributed by atoms with van der Waals surface area (Å²) < 4.78 is 0. The van der Waals surface area contributed by atoms with Gasteiger partial charge in [-0.25, -0.2) is 0 Å². The Morgan fingerprint density at radius 3 is 1.10 bits per heavy atom. The molecule has 0 spiro atoms. The maximum absolute atomic E-state index is 2.47. The maximum atomic E-state index is 2.47. The molecule has 0 fully saturated rings. The molecule has 0 aromatic heterocycles. The lowest BCUT2D eigenvalue weighted by atomic mass is 9.81. The maximum Gasteiger partial charge on any atom is 0.0540 e. The van der Waals surface area contributed by atoms with Gasteiger partial charge in [0, 0.05) is 27.8 Å². The molecule has 0 N–H and O–H groups in total. The van der Waals surface area contributed by atoms with Gasteiger partial charge in [0.25, 0.3) is 0 Å². The van der Waals surface area contributed by atoms with Gasteiger partial charge in [0.15, 0.2) is 0 Å². The minimum atomic E-state index is -0.114. The van der Waals surface area contributed by atoms with E-state index in [1.807, 2.05) is 0 Å². The zero-order valence-electron chi connectivity index (χ0n) is 33.8. The Balaban J connectivity index is 1.04. The molecule has 0 bridgehead atoms. The van der Waals surface area contributed by atoms with E-state index in [4.69, 9.17) is 0 Å². The molecular formula is C58H43N. The Hall–Kier alpha value is -6.96. The highest BCUT2D eigenvalue weighted by atomic mass is 15.1. The normalized spacial score (nSPS) is 14.4. The van der Waals surface area contributed by atoms with E-state index in [0.717, 1.165) is 17.1 Å². The summed E-state index contributed by atoms with van der Waals surface area (Å²) in [5.74, 6) is 0. The molecule has 0 amide bonds. The van der Waals surface area contributed by atoms with Crippen LogP contribution in [-0.4, -0.2) is 0 Å². The number of benzene rings is 10. The Morgan fingerprint density at radius 2 is 0.644 bits per heavy atom. The number of anilines is 3. The van der Waals surface area contributed by atoms with E-state index < -0.39 is 0 Å². The van der Waals surface area contributed by atoms with E-state index >= 15 is 0 Å². The van der Waals surface area contributed by atoms with Crippen molar-refractivity contribution in [3.8, 4) is 33.4 Å². The van der Waals surface area contributed by atoms with Crippen LogP contribution in [0.3, 0.4) is 0 Å². The molecule has 0 saturated carbocycles. The van der Waals surface area contributed by atoms with Crippen LogP contribution in [0.1, 0.15) is 49.9 Å². The molecule has 12 rings (SSSR count). The SMILES string of the molecule is CC1(C)c2cc3ccccc3cc2-c2cc3ccc(N(c4ccc5cc6c(cc5c4)C(C)(C)c4cc5ccccc5cc4-6)c4ccccc4-c4ccccc4)cc3cc21. The van der Waals surface area contributed by atoms with Gasteiger partial charge in [0.05, 0.1) is 5.69 Å². The molecule has 10 aromatic rings. The van der Waals surface area contributed by atoms with Crippen molar-refractivity contribution in [2.75, 3.05) is 4.90 Å². The molecule has 0 radical (unpaired) electrons. The van der Waals surface area contributed by atoms with Gasteiger partial charge in [0.1, 0.15) is 0 Å². The molecule has 280 valence electrons. The van der Waals surface area contributed by atoms with E-state index in [1.165, 1.54) is 98.7 Å². The van der Waals surface area contributed by atoms with Gasteiger partial charge < -0.3 is 4.90 Å². The van der Waals surface area contributed by atoms with Gasteiger partial charge in [-0.1, -0.05) is 137 Å². The largest absolute Gasteiger partial charge is 0.310 e. The molecule has 10 aromatic carbocycles. The van der Waals surface area contributed by atoms with Crippen LogP contribution < -0.4 is 4.90 Å². The molecule has 2 aliphatic carbocycles. The van der Waals surface area contributed by atoms with Gasteiger partial charge in [-0.3, -0.25) is 0 Å². The molecule has 2 aliphatic rings. The van der Waals surface area contributed by atoms with E-state index in [-0.39, 0.29) is 10.8 Å². The van der Waals surface area contributed by atoms with Gasteiger partial charge in [-0.2, -0.15) is 0 Å². The average molecular weight is 754 g/mol. The third-order valence-corrected chi connectivity index (χ3v) is 13.7.